The zero-order valence-electron chi connectivity index (χ0n) is 19.4. The van der Waals surface area contributed by atoms with Gasteiger partial charge < -0.3 is 19.5 Å². The second-order valence-corrected chi connectivity index (χ2v) is 10.3. The lowest BCUT2D eigenvalue weighted by molar-refractivity contribution is -0.118. The van der Waals surface area contributed by atoms with Crippen molar-refractivity contribution in [1.29, 1.82) is 0 Å². The van der Waals surface area contributed by atoms with Gasteiger partial charge in [-0.25, -0.2) is 13.2 Å². The third kappa shape index (κ3) is 6.27. The highest BCUT2D eigenvalue weighted by molar-refractivity contribution is 9.10. The number of rotatable bonds is 9. The molecule has 192 valence electrons. The molecule has 4 rings (SSSR count). The number of hydrogen-bond acceptors (Lipinski definition) is 8. The first-order valence-electron chi connectivity index (χ1n) is 11.0. The molecule has 0 aliphatic carbocycles. The van der Waals surface area contributed by atoms with Crippen LogP contribution in [0.5, 0.6) is 11.5 Å². The Bertz CT molecular complexity index is 1470. The zero-order chi connectivity index (χ0) is 26.6. The van der Waals surface area contributed by atoms with Gasteiger partial charge in [0.15, 0.2) is 19.0 Å². The van der Waals surface area contributed by atoms with Crippen LogP contribution in [0.1, 0.15) is 27.6 Å². The first kappa shape index (κ1) is 26.2. The highest BCUT2D eigenvalue weighted by Gasteiger charge is 2.22. The molecule has 0 bridgehead atoms. The molecule has 3 aromatic carbocycles. The molecular weight excluding hydrogens is 568 g/mol. The Labute approximate surface area is 221 Å². The number of benzene rings is 3. The summed E-state index contributed by atoms with van der Waals surface area (Å²) in [5, 5.41) is 2.61. The Morgan fingerprint density at radius 2 is 1.78 bits per heavy atom. The summed E-state index contributed by atoms with van der Waals surface area (Å²) in [5.41, 5.74) is 0.941. The molecule has 1 amide bonds. The number of Topliss-reactive ketones (excluding diaryl/α,β-unsaturated/α-hetero) is 1. The molecule has 10 nitrogen and oxygen atoms in total. The van der Waals surface area contributed by atoms with Crippen molar-refractivity contribution in [3.63, 3.8) is 0 Å². The van der Waals surface area contributed by atoms with Gasteiger partial charge in [0.1, 0.15) is 16.4 Å². The molecule has 0 radical (unpaired) electrons. The molecule has 0 aromatic heterocycles. The number of halogens is 1. The standard InChI is InChI=1S/C25H21BrN2O8S/c1-2-34-22-10-6-17(26)12-23(22)37(32,33)28-18-7-3-15(4-8-18)25(31)36-13-20(29)16-5-9-21-19(11-16)27-24(30)14-35-21/h3-12,28H,2,13-14H2,1H3,(H,27,30). The van der Waals surface area contributed by atoms with E-state index in [9.17, 15) is 22.8 Å². The molecule has 37 heavy (non-hydrogen) atoms. The van der Waals surface area contributed by atoms with Gasteiger partial charge in [-0.1, -0.05) is 15.9 Å². The molecule has 0 unspecified atom stereocenters. The van der Waals surface area contributed by atoms with E-state index in [0.29, 0.717) is 22.5 Å². The number of fused-ring (bicyclic) bond motifs is 1. The second kappa shape index (κ2) is 11.0. The van der Waals surface area contributed by atoms with Crippen molar-refractivity contribution in [2.24, 2.45) is 0 Å². The summed E-state index contributed by atoms with van der Waals surface area (Å²) in [6.45, 7) is 1.42. The van der Waals surface area contributed by atoms with E-state index < -0.39 is 28.4 Å². The van der Waals surface area contributed by atoms with E-state index in [0.717, 1.165) is 0 Å². The predicted molar refractivity (Wildman–Crippen MR) is 138 cm³/mol. The first-order chi connectivity index (χ1) is 17.7. The van der Waals surface area contributed by atoms with E-state index in [1.54, 1.807) is 25.1 Å². The Kier molecular flexibility index (Phi) is 7.79. The van der Waals surface area contributed by atoms with Crippen LogP contribution in [0.3, 0.4) is 0 Å². The van der Waals surface area contributed by atoms with E-state index >= 15 is 0 Å². The average Bonchev–Trinajstić information content (AvgIpc) is 2.88. The summed E-state index contributed by atoms with van der Waals surface area (Å²) in [6.07, 6.45) is 0. The second-order valence-electron chi connectivity index (χ2n) is 7.75. The van der Waals surface area contributed by atoms with Crippen LogP contribution in [0.15, 0.2) is 70.0 Å². The topological polar surface area (TPSA) is 137 Å². The molecule has 0 saturated heterocycles. The van der Waals surface area contributed by atoms with E-state index in [2.05, 4.69) is 26.0 Å². The van der Waals surface area contributed by atoms with E-state index in [1.807, 2.05) is 0 Å². The van der Waals surface area contributed by atoms with Gasteiger partial charge in [0.2, 0.25) is 0 Å². The molecule has 1 aliphatic rings. The number of hydrogen-bond donors (Lipinski definition) is 2. The van der Waals surface area contributed by atoms with E-state index in [-0.39, 0.29) is 40.0 Å². The molecule has 0 saturated carbocycles. The van der Waals surface area contributed by atoms with Crippen LogP contribution >= 0.6 is 15.9 Å². The summed E-state index contributed by atoms with van der Waals surface area (Å²) in [4.78, 5) is 36.3. The Hall–Kier alpha value is -3.90. The van der Waals surface area contributed by atoms with Crippen molar-refractivity contribution in [3.05, 3.63) is 76.3 Å². The van der Waals surface area contributed by atoms with E-state index in [4.69, 9.17) is 14.2 Å². The smallest absolute Gasteiger partial charge is 0.338 e. The fraction of sp³-hybridized carbons (Fsp3) is 0.160. The van der Waals surface area contributed by atoms with Crippen LogP contribution in [-0.2, 0) is 19.6 Å². The van der Waals surface area contributed by atoms with Crippen LogP contribution in [0.2, 0.25) is 0 Å². The van der Waals surface area contributed by atoms with Gasteiger partial charge in [0, 0.05) is 15.7 Å². The molecule has 3 aromatic rings. The van der Waals surface area contributed by atoms with Gasteiger partial charge in [-0.05, 0) is 67.6 Å². The van der Waals surface area contributed by atoms with Crippen molar-refractivity contribution < 1.29 is 37.0 Å². The fourth-order valence-corrected chi connectivity index (χ4v) is 5.15. The Morgan fingerprint density at radius 3 is 2.51 bits per heavy atom. The molecule has 0 fully saturated rings. The first-order valence-corrected chi connectivity index (χ1v) is 13.3. The molecule has 12 heteroatoms. The summed E-state index contributed by atoms with van der Waals surface area (Å²) < 4.78 is 44.6. The molecule has 1 heterocycles. The lowest BCUT2D eigenvalue weighted by Crippen LogP contribution is -2.25. The van der Waals surface area contributed by atoms with Crippen molar-refractivity contribution in [1.82, 2.24) is 0 Å². The quantitative estimate of drug-likeness (QED) is 0.282. The highest BCUT2D eigenvalue weighted by atomic mass is 79.9. The number of nitrogens with one attached hydrogen (secondary N) is 2. The number of amides is 1. The molecule has 0 atom stereocenters. The number of carbonyl (C=O) groups is 3. The number of carbonyl (C=O) groups excluding carboxylic acids is 3. The Morgan fingerprint density at radius 1 is 1.05 bits per heavy atom. The number of ether oxygens (including phenoxy) is 3. The highest BCUT2D eigenvalue weighted by Crippen LogP contribution is 2.30. The zero-order valence-corrected chi connectivity index (χ0v) is 21.8. The SMILES string of the molecule is CCOc1ccc(Br)cc1S(=O)(=O)Nc1ccc(C(=O)OCC(=O)c2ccc3c(c2)NC(=O)CO3)cc1. The minimum Gasteiger partial charge on any atom is -0.492 e. The van der Waals surface area contributed by atoms with Gasteiger partial charge in [-0.3, -0.25) is 14.3 Å². The lowest BCUT2D eigenvalue weighted by Gasteiger charge is -2.18. The number of sulfonamides is 1. The third-order valence-electron chi connectivity index (χ3n) is 5.14. The van der Waals surface area contributed by atoms with Gasteiger partial charge in [-0.2, -0.15) is 0 Å². The van der Waals surface area contributed by atoms with Crippen LogP contribution in [0.4, 0.5) is 11.4 Å². The predicted octanol–water partition coefficient (Wildman–Crippen LogP) is 4.02. The summed E-state index contributed by atoms with van der Waals surface area (Å²) in [7, 11) is -3.98. The lowest BCUT2D eigenvalue weighted by atomic mass is 10.1. The van der Waals surface area contributed by atoms with Crippen molar-refractivity contribution in [2.75, 3.05) is 29.9 Å². The number of anilines is 2. The number of esters is 1. The molecule has 0 spiro atoms. The fourth-order valence-electron chi connectivity index (χ4n) is 3.41. The van der Waals surface area contributed by atoms with Crippen molar-refractivity contribution in [2.45, 2.75) is 11.8 Å². The largest absolute Gasteiger partial charge is 0.492 e. The molecular formula is C25H21BrN2O8S. The third-order valence-corrected chi connectivity index (χ3v) is 7.03. The van der Waals surface area contributed by atoms with Crippen LogP contribution < -0.4 is 19.5 Å². The van der Waals surface area contributed by atoms with Crippen LogP contribution in [0.25, 0.3) is 0 Å². The number of ketones is 1. The summed E-state index contributed by atoms with van der Waals surface area (Å²) >= 11 is 3.26. The minimum atomic E-state index is -3.98. The van der Waals surface area contributed by atoms with Crippen molar-refractivity contribution >= 4 is 55.0 Å². The van der Waals surface area contributed by atoms with Gasteiger partial charge in [0.25, 0.3) is 15.9 Å². The summed E-state index contributed by atoms with van der Waals surface area (Å²) in [5.74, 6) is -0.919. The normalized spacial score (nSPS) is 12.5. The Balaban J connectivity index is 1.39. The maximum Gasteiger partial charge on any atom is 0.338 e. The minimum absolute atomic E-state index is 0.0426. The summed E-state index contributed by atoms with van der Waals surface area (Å²) in [6, 6.07) is 14.7. The van der Waals surface area contributed by atoms with Gasteiger partial charge in [-0.15, -0.1) is 0 Å². The van der Waals surface area contributed by atoms with Gasteiger partial charge in [0.05, 0.1) is 17.9 Å². The molecule has 1 aliphatic heterocycles. The average molecular weight is 589 g/mol. The van der Waals surface area contributed by atoms with Crippen molar-refractivity contribution in [3.8, 4) is 11.5 Å². The van der Waals surface area contributed by atoms with Gasteiger partial charge >= 0.3 is 5.97 Å². The maximum absolute atomic E-state index is 12.9. The molecule has 2 N–H and O–H groups in total. The maximum atomic E-state index is 12.9. The van der Waals surface area contributed by atoms with E-state index in [1.165, 1.54) is 42.5 Å². The van der Waals surface area contributed by atoms with Crippen LogP contribution in [0, 0.1) is 0 Å². The van der Waals surface area contributed by atoms with Crippen LogP contribution in [-0.4, -0.2) is 45.9 Å². The monoisotopic (exact) mass is 588 g/mol.